The first-order valence-electron chi connectivity index (χ1n) is 6.52. The van der Waals surface area contributed by atoms with Gasteiger partial charge in [-0.25, -0.2) is 4.39 Å². The largest absolute Gasteiger partial charge is 0.496 e. The molecular formula is C16H19FN2O. The molecule has 2 aromatic carbocycles. The Morgan fingerprint density at radius 3 is 2.70 bits per heavy atom. The standard InChI is InChI=1S/C16H19FN2O/c1-11(14-9-13(17)7-8-16(14)20-2)19-10-12-5-3-4-6-15(12)18/h3-9,11,19H,10,18H2,1-2H3. The van der Waals surface area contributed by atoms with Gasteiger partial charge in [-0.2, -0.15) is 0 Å². The summed E-state index contributed by atoms with van der Waals surface area (Å²) in [4.78, 5) is 0. The quantitative estimate of drug-likeness (QED) is 0.823. The van der Waals surface area contributed by atoms with Crippen LogP contribution >= 0.6 is 0 Å². The van der Waals surface area contributed by atoms with Crippen LogP contribution in [-0.2, 0) is 6.54 Å². The number of rotatable bonds is 5. The molecule has 0 spiro atoms. The Hall–Kier alpha value is -2.07. The SMILES string of the molecule is COc1ccc(F)cc1C(C)NCc1ccccc1N. The summed E-state index contributed by atoms with van der Waals surface area (Å²) in [6, 6.07) is 12.2. The minimum absolute atomic E-state index is 0.0414. The van der Waals surface area contributed by atoms with Crippen molar-refractivity contribution < 1.29 is 9.13 Å². The zero-order valence-electron chi connectivity index (χ0n) is 11.7. The number of para-hydroxylation sites is 1. The Balaban J connectivity index is 2.11. The summed E-state index contributed by atoms with van der Waals surface area (Å²) in [5, 5.41) is 3.33. The normalized spacial score (nSPS) is 12.2. The summed E-state index contributed by atoms with van der Waals surface area (Å²) in [5.74, 6) is 0.404. The monoisotopic (exact) mass is 274 g/mol. The van der Waals surface area contributed by atoms with Gasteiger partial charge in [0.25, 0.3) is 0 Å². The van der Waals surface area contributed by atoms with E-state index < -0.39 is 0 Å². The lowest BCUT2D eigenvalue weighted by Gasteiger charge is -2.18. The van der Waals surface area contributed by atoms with E-state index in [-0.39, 0.29) is 11.9 Å². The van der Waals surface area contributed by atoms with Crippen LogP contribution in [0, 0.1) is 5.82 Å². The van der Waals surface area contributed by atoms with E-state index >= 15 is 0 Å². The predicted octanol–water partition coefficient (Wildman–Crippen LogP) is 3.27. The van der Waals surface area contributed by atoms with Crippen LogP contribution in [0.5, 0.6) is 5.75 Å². The Morgan fingerprint density at radius 2 is 2.00 bits per heavy atom. The third-order valence-electron chi connectivity index (χ3n) is 3.31. The van der Waals surface area contributed by atoms with Gasteiger partial charge in [0, 0.05) is 23.8 Å². The number of ether oxygens (including phenoxy) is 1. The molecule has 0 fully saturated rings. The van der Waals surface area contributed by atoms with Crippen molar-refractivity contribution in [1.82, 2.24) is 5.32 Å². The van der Waals surface area contributed by atoms with Crippen molar-refractivity contribution in [2.75, 3.05) is 12.8 Å². The molecule has 0 aliphatic carbocycles. The van der Waals surface area contributed by atoms with Crippen LogP contribution in [-0.4, -0.2) is 7.11 Å². The third-order valence-corrected chi connectivity index (χ3v) is 3.31. The van der Waals surface area contributed by atoms with Crippen LogP contribution in [0.3, 0.4) is 0 Å². The molecule has 3 N–H and O–H groups in total. The van der Waals surface area contributed by atoms with Crippen molar-refractivity contribution in [2.24, 2.45) is 0 Å². The summed E-state index contributed by atoms with van der Waals surface area (Å²) >= 11 is 0. The van der Waals surface area contributed by atoms with Crippen LogP contribution in [0.1, 0.15) is 24.1 Å². The number of nitrogen functional groups attached to an aromatic ring is 1. The second-order valence-electron chi connectivity index (χ2n) is 4.69. The number of methoxy groups -OCH3 is 1. The minimum Gasteiger partial charge on any atom is -0.496 e. The highest BCUT2D eigenvalue weighted by atomic mass is 19.1. The number of halogens is 1. The smallest absolute Gasteiger partial charge is 0.123 e. The number of benzene rings is 2. The Morgan fingerprint density at radius 1 is 1.25 bits per heavy atom. The molecule has 0 aliphatic heterocycles. The first-order chi connectivity index (χ1) is 9.61. The van der Waals surface area contributed by atoms with Gasteiger partial charge in [-0.15, -0.1) is 0 Å². The predicted molar refractivity (Wildman–Crippen MR) is 79.1 cm³/mol. The van der Waals surface area contributed by atoms with Gasteiger partial charge in [-0.3, -0.25) is 0 Å². The molecule has 20 heavy (non-hydrogen) atoms. The summed E-state index contributed by atoms with van der Waals surface area (Å²) in [6.45, 7) is 2.59. The fraction of sp³-hybridized carbons (Fsp3) is 0.250. The van der Waals surface area contributed by atoms with Crippen molar-refractivity contribution in [3.63, 3.8) is 0 Å². The van der Waals surface area contributed by atoms with E-state index in [1.54, 1.807) is 13.2 Å². The molecule has 0 heterocycles. The van der Waals surface area contributed by atoms with Gasteiger partial charge in [0.05, 0.1) is 7.11 Å². The average molecular weight is 274 g/mol. The van der Waals surface area contributed by atoms with E-state index in [1.807, 2.05) is 31.2 Å². The fourth-order valence-corrected chi connectivity index (χ4v) is 2.11. The molecule has 2 aromatic rings. The first kappa shape index (κ1) is 14.3. The number of hydrogen-bond acceptors (Lipinski definition) is 3. The number of anilines is 1. The zero-order chi connectivity index (χ0) is 14.5. The maximum Gasteiger partial charge on any atom is 0.123 e. The second kappa shape index (κ2) is 6.39. The van der Waals surface area contributed by atoms with E-state index in [9.17, 15) is 4.39 Å². The van der Waals surface area contributed by atoms with Crippen molar-refractivity contribution >= 4 is 5.69 Å². The molecule has 0 saturated carbocycles. The maximum atomic E-state index is 13.4. The number of nitrogens with two attached hydrogens (primary N) is 1. The first-order valence-corrected chi connectivity index (χ1v) is 6.52. The average Bonchev–Trinajstić information content (AvgIpc) is 2.46. The Labute approximate surface area is 118 Å². The van der Waals surface area contributed by atoms with E-state index in [4.69, 9.17) is 10.5 Å². The Kier molecular flexibility index (Phi) is 4.58. The minimum atomic E-state index is -0.270. The van der Waals surface area contributed by atoms with Crippen molar-refractivity contribution in [2.45, 2.75) is 19.5 Å². The van der Waals surface area contributed by atoms with E-state index in [0.717, 1.165) is 16.8 Å². The lowest BCUT2D eigenvalue weighted by Crippen LogP contribution is -2.19. The fourth-order valence-electron chi connectivity index (χ4n) is 2.11. The summed E-state index contributed by atoms with van der Waals surface area (Å²) < 4.78 is 18.6. The number of nitrogens with one attached hydrogen (secondary N) is 1. The van der Waals surface area contributed by atoms with E-state index in [2.05, 4.69) is 5.32 Å². The van der Waals surface area contributed by atoms with Crippen LogP contribution in [0.2, 0.25) is 0 Å². The van der Waals surface area contributed by atoms with Crippen LogP contribution < -0.4 is 15.8 Å². The number of hydrogen-bond donors (Lipinski definition) is 2. The van der Waals surface area contributed by atoms with Crippen LogP contribution in [0.25, 0.3) is 0 Å². The molecule has 4 heteroatoms. The molecule has 106 valence electrons. The van der Waals surface area contributed by atoms with Gasteiger partial charge < -0.3 is 15.8 Å². The molecular weight excluding hydrogens is 255 g/mol. The van der Waals surface area contributed by atoms with Crippen molar-refractivity contribution in [3.8, 4) is 5.75 Å². The zero-order valence-corrected chi connectivity index (χ0v) is 11.7. The van der Waals surface area contributed by atoms with Crippen molar-refractivity contribution in [1.29, 1.82) is 0 Å². The van der Waals surface area contributed by atoms with Gasteiger partial charge in [0.2, 0.25) is 0 Å². The summed E-state index contributed by atoms with van der Waals surface area (Å²) in [5.41, 5.74) is 8.47. The molecule has 0 aromatic heterocycles. The maximum absolute atomic E-state index is 13.4. The Bertz CT molecular complexity index is 586. The highest BCUT2D eigenvalue weighted by Crippen LogP contribution is 2.26. The summed E-state index contributed by atoms with van der Waals surface area (Å²) in [7, 11) is 1.58. The van der Waals surface area contributed by atoms with E-state index in [1.165, 1.54) is 12.1 Å². The molecule has 0 radical (unpaired) electrons. The second-order valence-corrected chi connectivity index (χ2v) is 4.69. The topological polar surface area (TPSA) is 47.3 Å². The molecule has 0 bridgehead atoms. The molecule has 1 unspecified atom stereocenters. The van der Waals surface area contributed by atoms with Gasteiger partial charge in [0.1, 0.15) is 11.6 Å². The van der Waals surface area contributed by atoms with Crippen molar-refractivity contribution in [3.05, 3.63) is 59.4 Å². The molecule has 3 nitrogen and oxygen atoms in total. The lowest BCUT2D eigenvalue weighted by atomic mass is 10.1. The highest BCUT2D eigenvalue weighted by Gasteiger charge is 2.12. The lowest BCUT2D eigenvalue weighted by molar-refractivity contribution is 0.400. The molecule has 0 amide bonds. The van der Waals surface area contributed by atoms with Gasteiger partial charge >= 0.3 is 0 Å². The van der Waals surface area contributed by atoms with Crippen LogP contribution in [0.4, 0.5) is 10.1 Å². The highest BCUT2D eigenvalue weighted by molar-refractivity contribution is 5.46. The van der Waals surface area contributed by atoms with Crippen LogP contribution in [0.15, 0.2) is 42.5 Å². The molecule has 1 atom stereocenters. The third kappa shape index (κ3) is 3.27. The molecule has 0 aliphatic rings. The van der Waals surface area contributed by atoms with E-state index in [0.29, 0.717) is 12.3 Å². The molecule has 2 rings (SSSR count). The van der Waals surface area contributed by atoms with Gasteiger partial charge in [-0.1, -0.05) is 18.2 Å². The van der Waals surface area contributed by atoms with Gasteiger partial charge in [0.15, 0.2) is 0 Å². The molecule has 0 saturated heterocycles. The summed E-state index contributed by atoms with van der Waals surface area (Å²) in [6.07, 6.45) is 0. The van der Waals surface area contributed by atoms with Gasteiger partial charge in [-0.05, 0) is 36.8 Å².